The maximum absolute atomic E-state index is 13.1. The quantitative estimate of drug-likeness (QED) is 0.0792. The lowest BCUT2D eigenvalue weighted by molar-refractivity contribution is -0.144. The molecular weight excluding hydrogens is 821 g/mol. The molecule has 0 amide bonds. The Morgan fingerprint density at radius 1 is 0.603 bits per heavy atom. The van der Waals surface area contributed by atoms with E-state index >= 15 is 0 Å². The first-order valence-corrected chi connectivity index (χ1v) is 21.3. The van der Waals surface area contributed by atoms with E-state index in [4.69, 9.17) is 15.0 Å². The van der Waals surface area contributed by atoms with Gasteiger partial charge in [0.2, 0.25) is 0 Å². The summed E-state index contributed by atoms with van der Waals surface area (Å²) in [6.07, 6.45) is -1.47. The lowest BCUT2D eigenvalue weighted by Gasteiger charge is -2.48. The number of aliphatic imine (C=N–C) groups is 3. The van der Waals surface area contributed by atoms with Gasteiger partial charge in [0.25, 0.3) is 0 Å². The summed E-state index contributed by atoms with van der Waals surface area (Å²) in [5.41, 5.74) is -3.61. The van der Waals surface area contributed by atoms with Gasteiger partial charge in [-0.1, -0.05) is 34.6 Å². The Kier molecular flexibility index (Phi) is 13.1. The van der Waals surface area contributed by atoms with Crippen LogP contribution in [0.25, 0.3) is 0 Å². The van der Waals surface area contributed by atoms with Crippen LogP contribution in [0.4, 0.5) is 0 Å². The lowest BCUT2D eigenvalue weighted by atomic mass is 9.56. The number of fused-ring (bicyclic) bond motifs is 6. The fraction of sp³-hybridized carbons (Fsp3) is 0.644. The van der Waals surface area contributed by atoms with Gasteiger partial charge < -0.3 is 41.1 Å². The molecule has 0 radical (unpaired) electrons. The first-order chi connectivity index (χ1) is 29.0. The number of nitrogens with zero attached hydrogens (tertiary/aromatic N) is 3. The highest BCUT2D eigenvalue weighted by atomic mass is 16.4. The van der Waals surface area contributed by atoms with E-state index in [9.17, 15) is 69.3 Å². The van der Waals surface area contributed by atoms with Gasteiger partial charge in [0.05, 0.1) is 36.6 Å². The molecule has 18 heteroatoms. The van der Waals surface area contributed by atoms with Crippen molar-refractivity contribution >= 4 is 58.9 Å². The number of hydrogen-bond acceptors (Lipinski definition) is 11. The Balaban J connectivity index is 2.02. The van der Waals surface area contributed by atoms with E-state index in [-0.39, 0.29) is 44.2 Å². The molecule has 8 N–H and O–H groups in total. The topological polar surface area (TPSA) is 310 Å². The van der Waals surface area contributed by atoms with Gasteiger partial charge in [-0.25, -0.2) is 0 Å². The molecule has 0 spiro atoms. The Hall–Kier alpha value is -5.68. The van der Waals surface area contributed by atoms with Crippen molar-refractivity contribution in [2.24, 2.45) is 60.3 Å². The molecule has 344 valence electrons. The second kappa shape index (κ2) is 17.1. The largest absolute Gasteiger partial charge is 0.481 e. The summed E-state index contributed by atoms with van der Waals surface area (Å²) >= 11 is 0. The standard InChI is InChI=1S/C45H60N4O14/c1-21-36-24(10-13-30(52)53)41(3,4)28(47-36)18-27-23(9-12-29(50)51)43(6,19-34(60)61)39(46-27)22(2)37-25(11-14-31(54)55)44(7,20-35(62)63)45(8,49-37)40-26(17-33(58)59)42(5,38(21)48-40)16-15-32(56)57/h18,23-26,40,49H,9-17,19-20H2,1-8H3,(H,50,51)(H,52,53)(H,54,55)(H,56,57)(H,58,59)(H,60,61)(H,62,63)/b27-18-,36-21+,37-22-/t23-,24-,25-,26+,40-,42-,43+,44+,45+/m1/s1. The van der Waals surface area contributed by atoms with E-state index < -0.39 is 131 Å². The van der Waals surface area contributed by atoms with Crippen LogP contribution >= 0.6 is 0 Å². The second-order valence-electron chi connectivity index (χ2n) is 19.5. The van der Waals surface area contributed by atoms with Crippen LogP contribution in [0.2, 0.25) is 0 Å². The zero-order valence-corrected chi connectivity index (χ0v) is 37.1. The molecule has 5 aliphatic heterocycles. The molecule has 1 saturated heterocycles. The number of aliphatic carboxylic acids is 7. The maximum atomic E-state index is 13.1. The van der Waals surface area contributed by atoms with Gasteiger partial charge in [-0.15, -0.1) is 0 Å². The third-order valence-corrected chi connectivity index (χ3v) is 15.3. The van der Waals surface area contributed by atoms with Crippen molar-refractivity contribution in [1.82, 2.24) is 5.32 Å². The zero-order chi connectivity index (χ0) is 47.4. The van der Waals surface area contributed by atoms with Crippen LogP contribution in [0, 0.1) is 45.3 Å². The van der Waals surface area contributed by atoms with Crippen molar-refractivity contribution in [1.29, 1.82) is 0 Å². The molecule has 1 fully saturated rings. The smallest absolute Gasteiger partial charge is 0.304 e. The minimum absolute atomic E-state index is 0.0412. The Morgan fingerprint density at radius 2 is 1.13 bits per heavy atom. The van der Waals surface area contributed by atoms with Gasteiger partial charge in [-0.3, -0.25) is 48.5 Å². The van der Waals surface area contributed by atoms with Crippen LogP contribution in [0.1, 0.15) is 126 Å². The average molecular weight is 881 g/mol. The predicted molar refractivity (Wildman–Crippen MR) is 227 cm³/mol. The second-order valence-corrected chi connectivity index (χ2v) is 19.5. The minimum Gasteiger partial charge on any atom is -0.481 e. The van der Waals surface area contributed by atoms with E-state index in [1.807, 2.05) is 13.8 Å². The predicted octanol–water partition coefficient (Wildman–Crippen LogP) is 5.92. The fourth-order valence-electron chi connectivity index (χ4n) is 11.8. The molecule has 0 saturated carbocycles. The summed E-state index contributed by atoms with van der Waals surface area (Å²) in [6.45, 7) is 14.0. The number of rotatable bonds is 18. The van der Waals surface area contributed by atoms with Gasteiger partial charge >= 0.3 is 41.8 Å². The molecule has 63 heavy (non-hydrogen) atoms. The molecule has 0 aliphatic carbocycles. The SMILES string of the molecule is C/C1=C2/N[C@@](C)([C@@H]3N=C(/C(C)=C4N=C(/C=C5N=C1[C@@](C)(CC(=O)O)[C@@H]\5CCC(=O)O)C(C)(C)[C@@H]/4CCC(=O)O)[C@](C)(CCC(=O)O)[C@H]3CC(=O)O)[C@@](C)(CC(=O)O)[C@@H]2CCC(=O)O. The third kappa shape index (κ3) is 8.56. The summed E-state index contributed by atoms with van der Waals surface area (Å²) in [5.74, 6) is -11.5. The number of carboxylic acid groups (broad SMARTS) is 7. The van der Waals surface area contributed by atoms with Gasteiger partial charge in [-0.05, 0) is 63.7 Å². The zero-order valence-electron chi connectivity index (χ0n) is 37.1. The van der Waals surface area contributed by atoms with E-state index in [1.54, 1.807) is 47.6 Å². The van der Waals surface area contributed by atoms with Gasteiger partial charge in [0, 0.05) is 99.5 Å². The Morgan fingerprint density at radius 3 is 1.63 bits per heavy atom. The molecule has 18 nitrogen and oxygen atoms in total. The summed E-state index contributed by atoms with van der Waals surface area (Å²) in [5, 5.41) is 75.2. The van der Waals surface area contributed by atoms with Crippen molar-refractivity contribution in [3.8, 4) is 0 Å². The van der Waals surface area contributed by atoms with Gasteiger partial charge in [0.1, 0.15) is 0 Å². The summed E-state index contributed by atoms with van der Waals surface area (Å²) in [7, 11) is 0. The summed E-state index contributed by atoms with van der Waals surface area (Å²) in [4.78, 5) is 103. The fourth-order valence-corrected chi connectivity index (χ4v) is 11.8. The van der Waals surface area contributed by atoms with E-state index in [0.29, 0.717) is 39.7 Å². The summed E-state index contributed by atoms with van der Waals surface area (Å²) in [6, 6.07) is -1.10. The molecule has 0 aromatic carbocycles. The molecule has 5 aliphatic rings. The summed E-state index contributed by atoms with van der Waals surface area (Å²) < 4.78 is 0. The highest BCUT2D eigenvalue weighted by Crippen LogP contribution is 2.62. The molecule has 5 heterocycles. The number of carbonyl (C=O) groups is 7. The normalized spacial score (nSPS) is 36.2. The molecule has 8 bridgehead atoms. The van der Waals surface area contributed by atoms with E-state index in [2.05, 4.69) is 5.32 Å². The van der Waals surface area contributed by atoms with Gasteiger partial charge in [-0.2, -0.15) is 0 Å². The first kappa shape index (κ1) is 48.4. The van der Waals surface area contributed by atoms with Crippen molar-refractivity contribution in [3.05, 3.63) is 34.3 Å². The van der Waals surface area contributed by atoms with Crippen LogP contribution in [-0.2, 0) is 33.6 Å². The van der Waals surface area contributed by atoms with E-state index in [1.165, 1.54) is 0 Å². The number of allylic oxidation sites excluding steroid dienone is 6. The molecule has 9 atom stereocenters. The number of nitrogens with one attached hydrogen (secondary N) is 1. The van der Waals surface area contributed by atoms with Crippen LogP contribution in [0.3, 0.4) is 0 Å². The third-order valence-electron chi connectivity index (χ3n) is 15.3. The van der Waals surface area contributed by atoms with Crippen molar-refractivity contribution in [2.45, 2.75) is 138 Å². The number of carboxylic acids is 7. The maximum Gasteiger partial charge on any atom is 0.304 e. The van der Waals surface area contributed by atoms with Crippen LogP contribution in [0.15, 0.2) is 49.3 Å². The monoisotopic (exact) mass is 880 g/mol. The molecule has 0 aromatic heterocycles. The van der Waals surface area contributed by atoms with Gasteiger partial charge in [0.15, 0.2) is 0 Å². The van der Waals surface area contributed by atoms with Crippen LogP contribution in [-0.4, -0.2) is 106 Å². The van der Waals surface area contributed by atoms with Crippen molar-refractivity contribution < 1.29 is 69.3 Å². The molecular formula is C45H60N4O14. The first-order valence-electron chi connectivity index (χ1n) is 21.3. The lowest BCUT2D eigenvalue weighted by Crippen LogP contribution is -2.60. The minimum atomic E-state index is -1.52. The molecule has 0 aromatic rings. The van der Waals surface area contributed by atoms with Crippen LogP contribution in [0.5, 0.6) is 0 Å². The average Bonchev–Trinajstić information content (AvgIpc) is 3.75. The highest BCUT2D eigenvalue weighted by molar-refractivity contribution is 6.11. The Bertz CT molecular complexity index is 2220. The van der Waals surface area contributed by atoms with Crippen molar-refractivity contribution in [2.75, 3.05) is 0 Å². The Labute approximate surface area is 365 Å². The highest BCUT2D eigenvalue weighted by Gasteiger charge is 2.67. The molecule has 5 rings (SSSR count). The van der Waals surface area contributed by atoms with E-state index in [0.717, 1.165) is 0 Å². The van der Waals surface area contributed by atoms with Crippen LogP contribution < -0.4 is 5.32 Å². The number of hydrogen-bond donors (Lipinski definition) is 8. The van der Waals surface area contributed by atoms with Crippen molar-refractivity contribution in [3.63, 3.8) is 0 Å². The molecule has 0 unspecified atom stereocenters.